The molecule has 0 spiro atoms. The van der Waals surface area contributed by atoms with Crippen LogP contribution in [0.15, 0.2) is 24.3 Å². The van der Waals surface area contributed by atoms with Gasteiger partial charge in [-0.15, -0.1) is 0 Å². The Balaban J connectivity index is 1.79. The Bertz CT molecular complexity index is 533. The quantitative estimate of drug-likeness (QED) is 0.765. The fourth-order valence-electron chi connectivity index (χ4n) is 1.75. The highest BCUT2D eigenvalue weighted by atomic mass is 32.2. The number of sulfonamides is 1. The first-order chi connectivity index (χ1) is 9.46. The van der Waals surface area contributed by atoms with Crippen LogP contribution in [0.1, 0.15) is 0 Å². The highest BCUT2D eigenvalue weighted by Crippen LogP contribution is 2.11. The Labute approximate surface area is 116 Å². The van der Waals surface area contributed by atoms with Crippen molar-refractivity contribution in [3.8, 4) is 5.75 Å². The van der Waals surface area contributed by atoms with Crippen molar-refractivity contribution in [1.82, 2.24) is 4.72 Å². The Kier molecular flexibility index (Phi) is 4.92. The van der Waals surface area contributed by atoms with Gasteiger partial charge in [-0.1, -0.05) is 0 Å². The van der Waals surface area contributed by atoms with Crippen molar-refractivity contribution >= 4 is 10.0 Å². The fourth-order valence-corrected chi connectivity index (χ4v) is 2.85. The molecule has 2 atom stereocenters. The van der Waals surface area contributed by atoms with Crippen LogP contribution in [0.4, 0.5) is 4.39 Å². The van der Waals surface area contributed by atoms with Crippen LogP contribution in [0.5, 0.6) is 5.75 Å². The van der Waals surface area contributed by atoms with E-state index in [1.807, 2.05) is 0 Å². The second-order valence-electron chi connectivity index (χ2n) is 4.45. The average Bonchev–Trinajstić information content (AvgIpc) is 2.77. The summed E-state index contributed by atoms with van der Waals surface area (Å²) in [4.78, 5) is 0. The van der Waals surface area contributed by atoms with Gasteiger partial charge in [-0.05, 0) is 24.3 Å². The van der Waals surface area contributed by atoms with Crippen LogP contribution in [-0.4, -0.2) is 51.2 Å². The first kappa shape index (κ1) is 15.2. The van der Waals surface area contributed by atoms with E-state index in [-0.39, 0.29) is 31.4 Å². The molecule has 1 aromatic rings. The third-order valence-corrected chi connectivity index (χ3v) is 4.18. The zero-order valence-corrected chi connectivity index (χ0v) is 11.5. The fraction of sp³-hybridized carbons (Fsp3) is 0.500. The van der Waals surface area contributed by atoms with E-state index in [0.29, 0.717) is 5.75 Å². The Morgan fingerprint density at radius 1 is 1.35 bits per heavy atom. The summed E-state index contributed by atoms with van der Waals surface area (Å²) in [5, 5.41) is 9.46. The second kappa shape index (κ2) is 6.49. The van der Waals surface area contributed by atoms with Crippen LogP contribution in [0.3, 0.4) is 0 Å². The van der Waals surface area contributed by atoms with Crippen molar-refractivity contribution in [2.75, 3.05) is 25.6 Å². The van der Waals surface area contributed by atoms with E-state index in [4.69, 9.17) is 9.47 Å². The first-order valence-electron chi connectivity index (χ1n) is 6.10. The van der Waals surface area contributed by atoms with Crippen molar-refractivity contribution in [1.29, 1.82) is 0 Å². The van der Waals surface area contributed by atoms with Gasteiger partial charge >= 0.3 is 0 Å². The van der Waals surface area contributed by atoms with Gasteiger partial charge < -0.3 is 14.6 Å². The number of aliphatic hydroxyl groups excluding tert-OH is 1. The molecule has 0 bridgehead atoms. The third-order valence-electron chi connectivity index (χ3n) is 2.82. The van der Waals surface area contributed by atoms with Crippen molar-refractivity contribution in [2.45, 2.75) is 12.1 Å². The molecule has 0 amide bonds. The largest absolute Gasteiger partial charge is 0.492 e. The number of benzene rings is 1. The topological polar surface area (TPSA) is 84.9 Å². The Morgan fingerprint density at radius 3 is 2.65 bits per heavy atom. The number of hydrogen-bond donors (Lipinski definition) is 2. The van der Waals surface area contributed by atoms with Gasteiger partial charge in [-0.25, -0.2) is 17.5 Å². The molecule has 1 fully saturated rings. The molecule has 8 heteroatoms. The van der Waals surface area contributed by atoms with Gasteiger partial charge in [0.05, 0.1) is 31.1 Å². The maximum Gasteiger partial charge on any atom is 0.215 e. The number of ether oxygens (including phenoxy) is 2. The maximum absolute atomic E-state index is 12.7. The minimum atomic E-state index is -3.57. The van der Waals surface area contributed by atoms with Crippen LogP contribution in [-0.2, 0) is 14.8 Å². The molecule has 0 aromatic heterocycles. The average molecular weight is 305 g/mol. The standard InChI is InChI=1S/C12H16FNO5S/c13-9-1-3-10(4-2-9)19-5-6-20(16,17)14-11-7-18-8-12(11)15/h1-4,11-12,14-15H,5-8H2/t11-,12-/m0/s1. The van der Waals surface area contributed by atoms with Crippen LogP contribution in [0.2, 0.25) is 0 Å². The normalized spacial score (nSPS) is 22.9. The summed E-state index contributed by atoms with van der Waals surface area (Å²) in [6, 6.07) is 4.68. The molecule has 0 unspecified atom stereocenters. The van der Waals surface area contributed by atoms with Crippen LogP contribution >= 0.6 is 0 Å². The Morgan fingerprint density at radius 2 is 2.05 bits per heavy atom. The first-order valence-corrected chi connectivity index (χ1v) is 7.76. The lowest BCUT2D eigenvalue weighted by Gasteiger charge is -2.15. The number of hydrogen-bond acceptors (Lipinski definition) is 5. The minimum Gasteiger partial charge on any atom is -0.492 e. The summed E-state index contributed by atoms with van der Waals surface area (Å²) in [5.74, 6) is -0.249. The highest BCUT2D eigenvalue weighted by molar-refractivity contribution is 7.89. The van der Waals surface area contributed by atoms with E-state index < -0.39 is 22.2 Å². The van der Waals surface area contributed by atoms with E-state index in [2.05, 4.69) is 4.72 Å². The molecule has 1 heterocycles. The molecular weight excluding hydrogens is 289 g/mol. The molecule has 2 rings (SSSR count). The van der Waals surface area contributed by atoms with E-state index in [1.54, 1.807) is 0 Å². The van der Waals surface area contributed by atoms with Crippen molar-refractivity contribution in [2.24, 2.45) is 0 Å². The van der Waals surface area contributed by atoms with E-state index in [9.17, 15) is 17.9 Å². The summed E-state index contributed by atoms with van der Waals surface area (Å²) in [6.07, 6.45) is -0.831. The van der Waals surface area contributed by atoms with Gasteiger partial charge in [0.2, 0.25) is 10.0 Å². The summed E-state index contributed by atoms with van der Waals surface area (Å²) in [7, 11) is -3.57. The molecule has 6 nitrogen and oxygen atoms in total. The van der Waals surface area contributed by atoms with Crippen molar-refractivity contribution in [3.05, 3.63) is 30.1 Å². The van der Waals surface area contributed by atoms with Gasteiger partial charge in [0.25, 0.3) is 0 Å². The number of rotatable bonds is 6. The van der Waals surface area contributed by atoms with E-state index in [1.165, 1.54) is 24.3 Å². The van der Waals surface area contributed by atoms with E-state index in [0.717, 1.165) is 0 Å². The molecule has 0 saturated carbocycles. The zero-order valence-electron chi connectivity index (χ0n) is 10.7. The molecule has 1 aliphatic rings. The number of halogens is 1. The van der Waals surface area contributed by atoms with Crippen LogP contribution in [0.25, 0.3) is 0 Å². The lowest BCUT2D eigenvalue weighted by molar-refractivity contribution is 0.124. The number of nitrogens with one attached hydrogen (secondary N) is 1. The molecule has 112 valence electrons. The molecule has 20 heavy (non-hydrogen) atoms. The van der Waals surface area contributed by atoms with E-state index >= 15 is 0 Å². The second-order valence-corrected chi connectivity index (χ2v) is 6.32. The predicted octanol–water partition coefficient (Wildman–Crippen LogP) is -0.116. The molecule has 2 N–H and O–H groups in total. The third kappa shape index (κ3) is 4.41. The molecule has 0 aliphatic carbocycles. The Hall–Kier alpha value is -1.22. The van der Waals surface area contributed by atoms with Crippen molar-refractivity contribution in [3.63, 3.8) is 0 Å². The molecule has 1 aromatic carbocycles. The highest BCUT2D eigenvalue weighted by Gasteiger charge is 2.29. The SMILES string of the molecule is O=S(=O)(CCOc1ccc(F)cc1)N[C@H]1COC[C@@H]1O. The molecule has 1 aliphatic heterocycles. The monoisotopic (exact) mass is 305 g/mol. The maximum atomic E-state index is 12.7. The summed E-state index contributed by atoms with van der Waals surface area (Å²) in [5.41, 5.74) is 0. The summed E-state index contributed by atoms with van der Waals surface area (Å²) < 4.78 is 48.7. The lowest BCUT2D eigenvalue weighted by Crippen LogP contribution is -2.44. The van der Waals surface area contributed by atoms with Gasteiger partial charge in [-0.2, -0.15) is 0 Å². The lowest BCUT2D eigenvalue weighted by atomic mass is 10.2. The zero-order chi connectivity index (χ0) is 14.6. The van der Waals surface area contributed by atoms with Gasteiger partial charge in [0.1, 0.15) is 18.2 Å². The van der Waals surface area contributed by atoms with Crippen LogP contribution in [0, 0.1) is 5.82 Å². The molecule has 1 saturated heterocycles. The van der Waals surface area contributed by atoms with Crippen LogP contribution < -0.4 is 9.46 Å². The van der Waals surface area contributed by atoms with Crippen molar-refractivity contribution < 1.29 is 27.4 Å². The van der Waals surface area contributed by atoms with Gasteiger partial charge in [0, 0.05) is 0 Å². The minimum absolute atomic E-state index is 0.0648. The summed E-state index contributed by atoms with van der Waals surface area (Å²) in [6.45, 7) is 0.211. The van der Waals surface area contributed by atoms with Gasteiger partial charge in [-0.3, -0.25) is 0 Å². The predicted molar refractivity (Wildman–Crippen MR) is 69.4 cm³/mol. The smallest absolute Gasteiger partial charge is 0.215 e. The summed E-state index contributed by atoms with van der Waals surface area (Å²) >= 11 is 0. The van der Waals surface area contributed by atoms with Gasteiger partial charge in [0.15, 0.2) is 0 Å². The number of aliphatic hydroxyl groups is 1. The molecular formula is C12H16FNO5S. The molecule has 0 radical (unpaired) electrons.